The highest BCUT2D eigenvalue weighted by atomic mass is 32.2. The minimum Gasteiger partial charge on any atom is -0.495 e. The summed E-state index contributed by atoms with van der Waals surface area (Å²) < 4.78 is 38.8. The molecule has 1 N–H and O–H groups in total. The van der Waals surface area contributed by atoms with Crippen LogP contribution in [0.25, 0.3) is 11.5 Å². The first kappa shape index (κ1) is 22.6. The molecular weight excluding hydrogens is 422 g/mol. The van der Waals surface area contributed by atoms with E-state index in [0.717, 1.165) is 0 Å². The van der Waals surface area contributed by atoms with E-state index < -0.39 is 26.3 Å². The summed E-state index contributed by atoms with van der Waals surface area (Å²) >= 11 is 0. The van der Waals surface area contributed by atoms with Crippen LogP contribution in [0, 0.1) is 0 Å². The molecule has 0 spiro atoms. The lowest BCUT2D eigenvalue weighted by Crippen LogP contribution is -2.28. The van der Waals surface area contributed by atoms with Crippen LogP contribution in [0.2, 0.25) is 0 Å². The quantitative estimate of drug-likeness (QED) is 0.648. The first-order valence-corrected chi connectivity index (χ1v) is 11.1. The van der Waals surface area contributed by atoms with E-state index in [2.05, 4.69) is 15.4 Å². The largest absolute Gasteiger partial charge is 0.495 e. The van der Waals surface area contributed by atoms with Crippen LogP contribution < -0.4 is 10.1 Å². The van der Waals surface area contributed by atoms with Crippen LogP contribution in [0.3, 0.4) is 0 Å². The van der Waals surface area contributed by atoms with Gasteiger partial charge in [-0.3, -0.25) is 9.72 Å². The number of carbonyl (C=O) groups excluding carboxylic acids is 1. The maximum atomic E-state index is 13.1. The molecule has 0 saturated carbocycles. The van der Waals surface area contributed by atoms with E-state index in [-0.39, 0.29) is 10.6 Å². The highest BCUT2D eigenvalue weighted by Crippen LogP contribution is 2.33. The average molecular weight is 450 g/mol. The summed E-state index contributed by atoms with van der Waals surface area (Å²) in [6.45, 7) is 10.2. The van der Waals surface area contributed by atoms with Gasteiger partial charge in [0, 0.05) is 12.3 Å². The van der Waals surface area contributed by atoms with Crippen molar-refractivity contribution in [3.05, 3.63) is 30.9 Å². The third-order valence-electron chi connectivity index (χ3n) is 4.33. The Labute approximate surface area is 181 Å². The van der Waals surface area contributed by atoms with Gasteiger partial charge in [-0.05, 0) is 41.5 Å². The van der Waals surface area contributed by atoms with Crippen molar-refractivity contribution in [3.63, 3.8) is 0 Å². The fraction of sp³-hybridized carbons (Fsp3) is 0.450. The van der Waals surface area contributed by atoms with Crippen molar-refractivity contribution >= 4 is 27.3 Å². The summed E-state index contributed by atoms with van der Waals surface area (Å²) in [6.07, 6.45) is 5.45. The second-order valence-corrected chi connectivity index (χ2v) is 11.6. The number of ether oxygens (including phenoxy) is 2. The summed E-state index contributed by atoms with van der Waals surface area (Å²) in [7, 11) is -2.28. The number of hydrogen-bond donors (Lipinski definition) is 1. The molecule has 3 aromatic heterocycles. The van der Waals surface area contributed by atoms with Gasteiger partial charge in [0.1, 0.15) is 21.9 Å². The van der Waals surface area contributed by atoms with Crippen LogP contribution in [0.5, 0.6) is 5.75 Å². The van der Waals surface area contributed by atoms with Gasteiger partial charge >= 0.3 is 6.09 Å². The highest BCUT2D eigenvalue weighted by Gasteiger charge is 2.34. The summed E-state index contributed by atoms with van der Waals surface area (Å²) in [5, 5.41) is 6.86. The topological polar surface area (TPSA) is 117 Å². The predicted molar refractivity (Wildman–Crippen MR) is 116 cm³/mol. The summed E-state index contributed by atoms with van der Waals surface area (Å²) in [6, 6.07) is 1.56. The third kappa shape index (κ3) is 4.50. The Bertz CT molecular complexity index is 1230. The molecule has 0 aliphatic heterocycles. The molecule has 0 radical (unpaired) electrons. The zero-order valence-corrected chi connectivity index (χ0v) is 19.4. The highest BCUT2D eigenvalue weighted by molar-refractivity contribution is 7.92. The van der Waals surface area contributed by atoms with E-state index in [4.69, 9.17) is 9.47 Å². The van der Waals surface area contributed by atoms with Crippen molar-refractivity contribution in [2.45, 2.75) is 56.8 Å². The van der Waals surface area contributed by atoms with E-state index in [1.807, 2.05) is 0 Å². The SMILES string of the molecule is COc1cc2ncc(-n3cc(NC(=O)OC(C)(C)C)cn3)n2cc1S(=O)(=O)C(C)(C)C. The lowest BCUT2D eigenvalue weighted by atomic mass is 10.2. The Balaban J connectivity index is 2.03. The standard InChI is InChI=1S/C20H27N5O5S/c1-19(2,3)30-18(26)23-13-9-22-25(11-13)17-10-21-16-8-14(29-7)15(12-24(16)17)31(27,28)20(4,5)6/h8-12H,1-7H3,(H,23,26). The van der Waals surface area contributed by atoms with Crippen molar-refractivity contribution in [1.82, 2.24) is 19.2 Å². The average Bonchev–Trinajstić information content (AvgIpc) is 3.23. The first-order chi connectivity index (χ1) is 14.2. The van der Waals surface area contributed by atoms with E-state index >= 15 is 0 Å². The van der Waals surface area contributed by atoms with Crippen molar-refractivity contribution in [2.24, 2.45) is 0 Å². The number of rotatable bonds is 4. The summed E-state index contributed by atoms with van der Waals surface area (Å²) in [4.78, 5) is 16.4. The molecule has 31 heavy (non-hydrogen) atoms. The van der Waals surface area contributed by atoms with Gasteiger partial charge in [-0.25, -0.2) is 22.9 Å². The zero-order chi connectivity index (χ0) is 23.2. The number of aromatic nitrogens is 4. The first-order valence-electron chi connectivity index (χ1n) is 9.58. The molecule has 0 atom stereocenters. The number of imidazole rings is 1. The van der Waals surface area contributed by atoms with Crippen LogP contribution in [-0.2, 0) is 14.6 Å². The van der Waals surface area contributed by atoms with E-state index in [1.54, 1.807) is 64.4 Å². The van der Waals surface area contributed by atoms with Crippen LogP contribution in [0.4, 0.5) is 10.5 Å². The van der Waals surface area contributed by atoms with E-state index in [1.165, 1.54) is 24.2 Å². The molecule has 3 rings (SSSR count). The molecule has 0 aliphatic rings. The fourth-order valence-electron chi connectivity index (χ4n) is 2.77. The summed E-state index contributed by atoms with van der Waals surface area (Å²) in [5.74, 6) is 0.701. The molecule has 3 heterocycles. The molecule has 10 nitrogen and oxygen atoms in total. The number of pyridine rings is 1. The predicted octanol–water partition coefficient (Wildman–Crippen LogP) is 3.45. The molecule has 168 valence electrons. The Morgan fingerprint density at radius 1 is 1.10 bits per heavy atom. The van der Waals surface area contributed by atoms with Gasteiger partial charge in [0.15, 0.2) is 15.7 Å². The molecule has 0 bridgehead atoms. The number of nitrogens with one attached hydrogen (secondary N) is 1. The van der Waals surface area contributed by atoms with Crippen LogP contribution in [0.15, 0.2) is 35.7 Å². The van der Waals surface area contributed by atoms with Crippen LogP contribution in [-0.4, -0.2) is 51.1 Å². The van der Waals surface area contributed by atoms with E-state index in [9.17, 15) is 13.2 Å². The number of fused-ring (bicyclic) bond motifs is 1. The number of methoxy groups -OCH3 is 1. The Kier molecular flexibility index (Phi) is 5.51. The maximum Gasteiger partial charge on any atom is 0.412 e. The number of amides is 1. The minimum atomic E-state index is -3.69. The van der Waals surface area contributed by atoms with Crippen LogP contribution in [0.1, 0.15) is 41.5 Å². The van der Waals surface area contributed by atoms with Gasteiger partial charge < -0.3 is 9.47 Å². The van der Waals surface area contributed by atoms with Crippen molar-refractivity contribution in [2.75, 3.05) is 12.4 Å². The third-order valence-corrected chi connectivity index (χ3v) is 6.83. The Morgan fingerprint density at radius 2 is 1.77 bits per heavy atom. The Morgan fingerprint density at radius 3 is 2.35 bits per heavy atom. The molecule has 0 fully saturated rings. The second kappa shape index (κ2) is 7.56. The molecule has 11 heteroatoms. The minimum absolute atomic E-state index is 0.0495. The summed E-state index contributed by atoms with van der Waals surface area (Å²) in [5.41, 5.74) is 0.271. The van der Waals surface area contributed by atoms with Gasteiger partial charge in [0.05, 0.1) is 36.1 Å². The smallest absolute Gasteiger partial charge is 0.412 e. The molecule has 0 saturated heterocycles. The number of nitrogens with zero attached hydrogens (tertiary/aromatic N) is 4. The molecule has 1 amide bonds. The number of anilines is 1. The number of carbonyl (C=O) groups is 1. The molecule has 0 aliphatic carbocycles. The molecule has 0 unspecified atom stereocenters. The fourth-order valence-corrected chi connectivity index (χ4v) is 4.08. The van der Waals surface area contributed by atoms with Crippen molar-refractivity contribution < 1.29 is 22.7 Å². The van der Waals surface area contributed by atoms with E-state index in [0.29, 0.717) is 17.2 Å². The zero-order valence-electron chi connectivity index (χ0n) is 18.6. The monoisotopic (exact) mass is 449 g/mol. The molecule has 0 aromatic carbocycles. The van der Waals surface area contributed by atoms with Gasteiger partial charge in [0.25, 0.3) is 0 Å². The Hall–Kier alpha value is -3.08. The van der Waals surface area contributed by atoms with Gasteiger partial charge in [0.2, 0.25) is 0 Å². The van der Waals surface area contributed by atoms with Crippen molar-refractivity contribution in [1.29, 1.82) is 0 Å². The lowest BCUT2D eigenvalue weighted by Gasteiger charge is -2.21. The normalized spacial score (nSPS) is 12.7. The molecule has 3 aromatic rings. The second-order valence-electron chi connectivity index (χ2n) is 8.97. The number of hydrogen-bond acceptors (Lipinski definition) is 7. The maximum absolute atomic E-state index is 13.1. The lowest BCUT2D eigenvalue weighted by molar-refractivity contribution is 0.0636. The van der Waals surface area contributed by atoms with Crippen LogP contribution >= 0.6 is 0 Å². The molecular formula is C20H27N5O5S. The van der Waals surface area contributed by atoms with Gasteiger partial charge in [-0.1, -0.05) is 0 Å². The van der Waals surface area contributed by atoms with Gasteiger partial charge in [-0.2, -0.15) is 5.10 Å². The van der Waals surface area contributed by atoms with Crippen molar-refractivity contribution in [3.8, 4) is 11.6 Å². The number of sulfone groups is 1. The van der Waals surface area contributed by atoms with Gasteiger partial charge in [-0.15, -0.1) is 0 Å².